The fourth-order valence-corrected chi connectivity index (χ4v) is 3.34. The van der Waals surface area contributed by atoms with Crippen LogP contribution in [-0.4, -0.2) is 62.6 Å². The smallest absolute Gasteiger partial charge is 0.0940 e. The maximum absolute atomic E-state index is 11.6. The summed E-state index contributed by atoms with van der Waals surface area (Å²) in [5.41, 5.74) is 0. The number of hydrogen-bond acceptors (Lipinski definition) is 3. The number of rotatable bonds is 2. The molecule has 0 spiro atoms. The molecule has 2 heterocycles. The molecule has 2 aliphatic rings. The van der Waals surface area contributed by atoms with Crippen LogP contribution in [0.4, 0.5) is 0 Å². The van der Waals surface area contributed by atoms with Crippen LogP contribution in [0.5, 0.6) is 0 Å². The van der Waals surface area contributed by atoms with Crippen LogP contribution in [0, 0.1) is 0 Å². The average Bonchev–Trinajstić information content (AvgIpc) is 2.55. The summed E-state index contributed by atoms with van der Waals surface area (Å²) in [7, 11) is -0.809. The third-order valence-corrected chi connectivity index (χ3v) is 4.49. The van der Waals surface area contributed by atoms with E-state index in [0.29, 0.717) is 11.8 Å². The van der Waals surface area contributed by atoms with Gasteiger partial charge in [0.05, 0.1) is 17.1 Å². The first-order valence-corrected chi connectivity index (χ1v) is 6.54. The lowest BCUT2D eigenvalue weighted by Crippen LogP contribution is -2.50. The van der Waals surface area contributed by atoms with Crippen molar-refractivity contribution in [3.8, 4) is 0 Å². The topological polar surface area (TPSA) is 43.8 Å². The van der Waals surface area contributed by atoms with Crippen LogP contribution < -0.4 is 0 Å². The van der Waals surface area contributed by atoms with E-state index in [1.807, 2.05) is 11.2 Å². The van der Waals surface area contributed by atoms with E-state index < -0.39 is 11.0 Å². The zero-order valence-corrected chi connectivity index (χ0v) is 9.37. The van der Waals surface area contributed by atoms with E-state index in [0.717, 1.165) is 32.6 Å². The lowest BCUT2D eigenvalue weighted by molar-refractivity contribution is 0.150. The molecule has 0 aromatic carbocycles. The molecule has 0 aromatic rings. The van der Waals surface area contributed by atoms with Crippen LogP contribution in [0.2, 0.25) is 0 Å². The molecule has 2 rings (SSSR count). The molecule has 0 aliphatic carbocycles. The molecule has 1 N–H and O–H groups in total. The molecule has 0 bridgehead atoms. The molecule has 2 saturated heterocycles. The summed E-state index contributed by atoms with van der Waals surface area (Å²) in [6, 6.07) is 0.425. The second-order valence-electron chi connectivity index (χ2n) is 4.04. The van der Waals surface area contributed by atoms with E-state index in [2.05, 4.69) is 4.90 Å². The van der Waals surface area contributed by atoms with Gasteiger partial charge in [0.2, 0.25) is 0 Å². The SMILES string of the molecule is CCS(=O)N1CCN2CC(O)CC2C1. The van der Waals surface area contributed by atoms with Gasteiger partial charge in [0, 0.05) is 38.0 Å². The summed E-state index contributed by atoms with van der Waals surface area (Å²) in [4.78, 5) is 2.31. The van der Waals surface area contributed by atoms with Crippen molar-refractivity contribution in [2.75, 3.05) is 31.9 Å². The van der Waals surface area contributed by atoms with Crippen molar-refractivity contribution >= 4 is 11.0 Å². The van der Waals surface area contributed by atoms with E-state index in [1.54, 1.807) is 0 Å². The molecule has 14 heavy (non-hydrogen) atoms. The minimum Gasteiger partial charge on any atom is -0.392 e. The molecule has 3 atom stereocenters. The van der Waals surface area contributed by atoms with E-state index in [4.69, 9.17) is 0 Å². The van der Waals surface area contributed by atoms with Crippen LogP contribution in [0.3, 0.4) is 0 Å². The molecule has 2 fully saturated rings. The number of aliphatic hydroxyl groups is 1. The second kappa shape index (κ2) is 4.26. The first kappa shape index (κ1) is 10.5. The van der Waals surface area contributed by atoms with Gasteiger partial charge in [-0.1, -0.05) is 6.92 Å². The number of nitrogens with zero attached hydrogens (tertiary/aromatic N) is 2. The van der Waals surface area contributed by atoms with Crippen LogP contribution in [0.1, 0.15) is 13.3 Å². The monoisotopic (exact) mass is 218 g/mol. The Morgan fingerprint density at radius 1 is 1.43 bits per heavy atom. The Balaban J connectivity index is 1.94. The van der Waals surface area contributed by atoms with Crippen LogP contribution >= 0.6 is 0 Å². The van der Waals surface area contributed by atoms with Gasteiger partial charge >= 0.3 is 0 Å². The summed E-state index contributed by atoms with van der Waals surface area (Å²) >= 11 is 0. The van der Waals surface area contributed by atoms with Crippen molar-refractivity contribution in [1.29, 1.82) is 0 Å². The molecule has 0 aromatic heterocycles. The Morgan fingerprint density at radius 2 is 2.21 bits per heavy atom. The Labute approximate surface area is 87.5 Å². The van der Waals surface area contributed by atoms with Crippen LogP contribution in [0.15, 0.2) is 0 Å². The van der Waals surface area contributed by atoms with Crippen molar-refractivity contribution in [1.82, 2.24) is 9.21 Å². The highest BCUT2D eigenvalue weighted by atomic mass is 32.2. The van der Waals surface area contributed by atoms with E-state index in [-0.39, 0.29) is 6.10 Å². The zero-order valence-electron chi connectivity index (χ0n) is 8.56. The molecule has 2 aliphatic heterocycles. The minimum absolute atomic E-state index is 0.171. The number of piperazine rings is 1. The molecule has 0 radical (unpaired) electrons. The Hall–Kier alpha value is 0.0300. The molecule has 0 saturated carbocycles. The summed E-state index contributed by atoms with van der Waals surface area (Å²) in [6.07, 6.45) is 0.673. The van der Waals surface area contributed by atoms with Crippen molar-refractivity contribution in [3.05, 3.63) is 0 Å². The van der Waals surface area contributed by atoms with Crippen LogP contribution in [0.25, 0.3) is 0 Å². The van der Waals surface area contributed by atoms with Gasteiger partial charge < -0.3 is 5.11 Å². The van der Waals surface area contributed by atoms with Gasteiger partial charge in [0.1, 0.15) is 0 Å². The van der Waals surface area contributed by atoms with Gasteiger partial charge in [0.25, 0.3) is 0 Å². The van der Waals surface area contributed by atoms with Crippen molar-refractivity contribution < 1.29 is 9.32 Å². The van der Waals surface area contributed by atoms with E-state index in [1.165, 1.54) is 0 Å². The van der Waals surface area contributed by atoms with Crippen LogP contribution in [-0.2, 0) is 11.0 Å². The van der Waals surface area contributed by atoms with Gasteiger partial charge in [-0.05, 0) is 6.42 Å². The maximum Gasteiger partial charge on any atom is 0.0940 e. The highest BCUT2D eigenvalue weighted by Gasteiger charge is 2.36. The number of hydrogen-bond donors (Lipinski definition) is 1. The molecular formula is C9H18N2O2S. The van der Waals surface area contributed by atoms with Gasteiger partial charge in [-0.15, -0.1) is 0 Å². The quantitative estimate of drug-likeness (QED) is 0.674. The fourth-order valence-electron chi connectivity index (χ4n) is 2.36. The summed E-state index contributed by atoms with van der Waals surface area (Å²) in [5, 5.41) is 9.51. The first-order valence-electron chi connectivity index (χ1n) is 5.26. The average molecular weight is 218 g/mol. The standard InChI is InChI=1S/C9H18N2O2S/c1-2-14(13)11-4-3-10-7-9(12)5-8(10)6-11/h8-9,12H,2-7H2,1H3. The second-order valence-corrected chi connectivity index (χ2v) is 5.77. The fraction of sp³-hybridized carbons (Fsp3) is 1.00. The largest absolute Gasteiger partial charge is 0.392 e. The van der Waals surface area contributed by atoms with Gasteiger partial charge in [-0.25, -0.2) is 8.51 Å². The third-order valence-electron chi connectivity index (χ3n) is 3.09. The molecule has 3 unspecified atom stereocenters. The minimum atomic E-state index is -0.809. The van der Waals surface area contributed by atoms with Crippen molar-refractivity contribution in [2.24, 2.45) is 0 Å². The van der Waals surface area contributed by atoms with E-state index in [9.17, 15) is 9.32 Å². The van der Waals surface area contributed by atoms with Gasteiger partial charge in [-0.3, -0.25) is 4.90 Å². The summed E-state index contributed by atoms with van der Waals surface area (Å²) < 4.78 is 13.6. The highest BCUT2D eigenvalue weighted by Crippen LogP contribution is 2.22. The molecular weight excluding hydrogens is 200 g/mol. The predicted molar refractivity (Wildman–Crippen MR) is 56.2 cm³/mol. The first-order chi connectivity index (χ1) is 6.70. The Kier molecular flexibility index (Phi) is 3.21. The van der Waals surface area contributed by atoms with Gasteiger partial charge in [0.15, 0.2) is 0 Å². The predicted octanol–water partition coefficient (Wildman–Crippen LogP) is -0.579. The maximum atomic E-state index is 11.6. The van der Waals surface area contributed by atoms with E-state index >= 15 is 0 Å². The normalized spacial score (nSPS) is 37.0. The zero-order chi connectivity index (χ0) is 10.1. The van der Waals surface area contributed by atoms with Crippen molar-refractivity contribution in [3.63, 3.8) is 0 Å². The molecule has 4 nitrogen and oxygen atoms in total. The highest BCUT2D eigenvalue weighted by molar-refractivity contribution is 7.82. The summed E-state index contributed by atoms with van der Waals surface area (Å²) in [5.74, 6) is 0.704. The number of aliphatic hydroxyl groups excluding tert-OH is 1. The molecule has 0 amide bonds. The lowest BCUT2D eigenvalue weighted by atomic mass is 10.2. The Bertz CT molecular complexity index is 237. The van der Waals surface area contributed by atoms with Gasteiger partial charge in [-0.2, -0.15) is 0 Å². The molecule has 82 valence electrons. The Morgan fingerprint density at radius 3 is 2.93 bits per heavy atom. The third kappa shape index (κ3) is 2.00. The summed E-state index contributed by atoms with van der Waals surface area (Å²) in [6.45, 7) is 5.44. The lowest BCUT2D eigenvalue weighted by Gasteiger charge is -2.35. The van der Waals surface area contributed by atoms with Crippen molar-refractivity contribution in [2.45, 2.75) is 25.5 Å². The number of fused-ring (bicyclic) bond motifs is 1. The molecule has 5 heteroatoms.